The summed E-state index contributed by atoms with van der Waals surface area (Å²) in [5.74, 6) is -0.266. The van der Waals surface area contributed by atoms with E-state index in [1.807, 2.05) is 31.2 Å². The third-order valence-corrected chi connectivity index (χ3v) is 7.75. The van der Waals surface area contributed by atoms with Gasteiger partial charge in [-0.2, -0.15) is 4.31 Å². The van der Waals surface area contributed by atoms with Gasteiger partial charge in [-0.3, -0.25) is 4.79 Å². The van der Waals surface area contributed by atoms with Crippen LogP contribution in [0, 0.1) is 12.8 Å². The lowest BCUT2D eigenvalue weighted by Gasteiger charge is -2.30. The Hall–Kier alpha value is -2.29. The number of hydrogen-bond acceptors (Lipinski definition) is 5. The number of sulfonamides is 1. The smallest absolute Gasteiger partial charge is 0.243 e. The predicted molar refractivity (Wildman–Crippen MR) is 111 cm³/mol. The van der Waals surface area contributed by atoms with Crippen LogP contribution in [-0.4, -0.2) is 36.7 Å². The number of aromatic nitrogens is 1. The number of nitrogens with zero attached hydrogens (tertiary/aromatic N) is 2. The molecule has 0 bridgehead atoms. The summed E-state index contributed by atoms with van der Waals surface area (Å²) < 4.78 is 28.2. The SMILES string of the molecule is Cc1cccc(S(=O)(=O)N2CCC(C(=O)Nc3ccc4scnc4c3)CC2)c1. The molecule has 0 unspecified atom stereocenters. The van der Waals surface area contributed by atoms with Gasteiger partial charge in [-0.05, 0) is 55.7 Å². The first kappa shape index (κ1) is 19.0. The summed E-state index contributed by atoms with van der Waals surface area (Å²) in [7, 11) is -3.52. The Kier molecular flexibility index (Phi) is 5.18. The van der Waals surface area contributed by atoms with Gasteiger partial charge in [-0.25, -0.2) is 13.4 Å². The van der Waals surface area contributed by atoms with Crippen LogP contribution < -0.4 is 5.32 Å². The van der Waals surface area contributed by atoms with E-state index in [0.717, 1.165) is 21.5 Å². The van der Waals surface area contributed by atoms with E-state index in [1.165, 1.54) is 4.31 Å². The first-order valence-electron chi connectivity index (χ1n) is 9.14. The summed E-state index contributed by atoms with van der Waals surface area (Å²) in [6, 6.07) is 12.6. The van der Waals surface area contributed by atoms with Crippen molar-refractivity contribution in [2.45, 2.75) is 24.7 Å². The zero-order valence-corrected chi connectivity index (χ0v) is 17.1. The highest BCUT2D eigenvalue weighted by molar-refractivity contribution is 7.89. The molecule has 1 fully saturated rings. The third kappa shape index (κ3) is 3.80. The number of nitrogens with one attached hydrogen (secondary N) is 1. The maximum absolute atomic E-state index is 12.8. The minimum atomic E-state index is -3.52. The minimum Gasteiger partial charge on any atom is -0.326 e. The van der Waals surface area contributed by atoms with Gasteiger partial charge in [0.05, 0.1) is 20.6 Å². The number of carbonyl (C=O) groups is 1. The van der Waals surface area contributed by atoms with E-state index in [0.29, 0.717) is 30.8 Å². The van der Waals surface area contributed by atoms with Gasteiger partial charge in [0.25, 0.3) is 0 Å². The van der Waals surface area contributed by atoms with Crippen molar-refractivity contribution < 1.29 is 13.2 Å². The molecule has 0 spiro atoms. The number of carbonyl (C=O) groups excluding carboxylic acids is 1. The molecule has 2 heterocycles. The first-order valence-corrected chi connectivity index (χ1v) is 11.5. The van der Waals surface area contributed by atoms with Crippen LogP contribution in [0.4, 0.5) is 5.69 Å². The van der Waals surface area contributed by atoms with E-state index in [2.05, 4.69) is 10.3 Å². The molecule has 1 saturated heterocycles. The number of thiazole rings is 1. The maximum Gasteiger partial charge on any atom is 0.243 e. The Labute approximate surface area is 168 Å². The molecular formula is C20H21N3O3S2. The fraction of sp³-hybridized carbons (Fsp3) is 0.300. The lowest BCUT2D eigenvalue weighted by atomic mass is 9.97. The number of hydrogen-bond donors (Lipinski definition) is 1. The molecule has 0 aliphatic carbocycles. The zero-order valence-electron chi connectivity index (χ0n) is 15.5. The van der Waals surface area contributed by atoms with Crippen LogP contribution in [-0.2, 0) is 14.8 Å². The molecule has 4 rings (SSSR count). The van der Waals surface area contributed by atoms with E-state index >= 15 is 0 Å². The van der Waals surface area contributed by atoms with Crippen molar-refractivity contribution in [1.29, 1.82) is 0 Å². The second-order valence-corrected chi connectivity index (χ2v) is 9.84. The third-order valence-electron chi connectivity index (χ3n) is 5.05. The van der Waals surface area contributed by atoms with Crippen molar-refractivity contribution in [3.8, 4) is 0 Å². The second kappa shape index (κ2) is 7.62. The Balaban J connectivity index is 1.40. The van der Waals surface area contributed by atoms with Crippen molar-refractivity contribution in [3.63, 3.8) is 0 Å². The van der Waals surface area contributed by atoms with Gasteiger partial charge in [0, 0.05) is 24.7 Å². The highest BCUT2D eigenvalue weighted by Gasteiger charge is 2.32. The average Bonchev–Trinajstić information content (AvgIpc) is 3.16. The monoisotopic (exact) mass is 415 g/mol. The molecule has 0 atom stereocenters. The molecule has 2 aromatic carbocycles. The van der Waals surface area contributed by atoms with Gasteiger partial charge in [0.1, 0.15) is 0 Å². The van der Waals surface area contributed by atoms with Gasteiger partial charge in [0.15, 0.2) is 0 Å². The molecule has 1 aliphatic heterocycles. The highest BCUT2D eigenvalue weighted by Crippen LogP contribution is 2.26. The van der Waals surface area contributed by atoms with Crippen LogP contribution in [0.2, 0.25) is 0 Å². The molecule has 1 amide bonds. The number of benzene rings is 2. The van der Waals surface area contributed by atoms with Crippen molar-refractivity contribution in [2.24, 2.45) is 5.92 Å². The van der Waals surface area contributed by atoms with E-state index in [-0.39, 0.29) is 11.8 Å². The van der Waals surface area contributed by atoms with Crippen LogP contribution in [0.3, 0.4) is 0 Å². The Morgan fingerprint density at radius 3 is 2.71 bits per heavy atom. The van der Waals surface area contributed by atoms with Crippen LogP contribution in [0.1, 0.15) is 18.4 Å². The molecule has 1 aromatic heterocycles. The fourth-order valence-electron chi connectivity index (χ4n) is 3.46. The van der Waals surface area contributed by atoms with Crippen LogP contribution in [0.15, 0.2) is 52.9 Å². The maximum atomic E-state index is 12.8. The highest BCUT2D eigenvalue weighted by atomic mass is 32.2. The molecule has 6 nitrogen and oxygen atoms in total. The van der Waals surface area contributed by atoms with Crippen molar-refractivity contribution in [3.05, 3.63) is 53.5 Å². The van der Waals surface area contributed by atoms with Crippen LogP contribution in [0.25, 0.3) is 10.2 Å². The van der Waals surface area contributed by atoms with E-state index in [1.54, 1.807) is 35.0 Å². The number of amides is 1. The van der Waals surface area contributed by atoms with Crippen molar-refractivity contribution >= 4 is 43.2 Å². The standard InChI is InChI=1S/C20H21N3O3S2/c1-14-3-2-4-17(11-14)28(25,26)23-9-7-15(8-10-23)20(24)22-16-5-6-19-18(12-16)21-13-27-19/h2-6,11-13,15H,7-10H2,1H3,(H,22,24). The van der Waals surface area contributed by atoms with Crippen LogP contribution in [0.5, 0.6) is 0 Å². The van der Waals surface area contributed by atoms with E-state index < -0.39 is 10.0 Å². The lowest BCUT2D eigenvalue weighted by Crippen LogP contribution is -2.41. The Morgan fingerprint density at radius 1 is 1.18 bits per heavy atom. The summed E-state index contributed by atoms with van der Waals surface area (Å²) in [5.41, 5.74) is 4.27. The number of rotatable bonds is 4. The number of aryl methyl sites for hydroxylation is 1. The summed E-state index contributed by atoms with van der Waals surface area (Å²) >= 11 is 1.56. The topological polar surface area (TPSA) is 79.4 Å². The number of piperidine rings is 1. The molecule has 0 saturated carbocycles. The summed E-state index contributed by atoms with van der Waals surface area (Å²) in [6.07, 6.45) is 1.02. The molecule has 1 N–H and O–H groups in total. The predicted octanol–water partition coefficient (Wildman–Crippen LogP) is 3.64. The number of anilines is 1. The molecule has 1 aliphatic rings. The number of fused-ring (bicyclic) bond motifs is 1. The van der Waals surface area contributed by atoms with Gasteiger partial charge in [-0.1, -0.05) is 12.1 Å². The van der Waals surface area contributed by atoms with Crippen molar-refractivity contribution in [2.75, 3.05) is 18.4 Å². The summed E-state index contributed by atoms with van der Waals surface area (Å²) in [4.78, 5) is 17.2. The molecule has 146 valence electrons. The molecule has 3 aromatic rings. The minimum absolute atomic E-state index is 0.0674. The van der Waals surface area contributed by atoms with Crippen molar-refractivity contribution in [1.82, 2.24) is 9.29 Å². The van der Waals surface area contributed by atoms with Gasteiger partial charge in [0.2, 0.25) is 15.9 Å². The van der Waals surface area contributed by atoms with E-state index in [4.69, 9.17) is 0 Å². The first-order chi connectivity index (χ1) is 13.4. The summed E-state index contributed by atoms with van der Waals surface area (Å²) in [6.45, 7) is 2.57. The van der Waals surface area contributed by atoms with Crippen LogP contribution >= 0.6 is 11.3 Å². The molecular weight excluding hydrogens is 394 g/mol. The van der Waals surface area contributed by atoms with Gasteiger partial charge in [-0.15, -0.1) is 11.3 Å². The quantitative estimate of drug-likeness (QED) is 0.705. The molecule has 28 heavy (non-hydrogen) atoms. The van der Waals surface area contributed by atoms with Gasteiger partial charge >= 0.3 is 0 Å². The van der Waals surface area contributed by atoms with Gasteiger partial charge < -0.3 is 5.32 Å². The lowest BCUT2D eigenvalue weighted by molar-refractivity contribution is -0.120. The Bertz CT molecular complexity index is 1120. The van der Waals surface area contributed by atoms with E-state index in [9.17, 15) is 13.2 Å². The zero-order chi connectivity index (χ0) is 19.7. The average molecular weight is 416 g/mol. The summed E-state index contributed by atoms with van der Waals surface area (Å²) in [5, 5.41) is 2.94. The second-order valence-electron chi connectivity index (χ2n) is 7.02. The fourth-order valence-corrected chi connectivity index (χ4v) is 5.70. The largest absolute Gasteiger partial charge is 0.326 e. The molecule has 0 radical (unpaired) electrons. The molecule has 8 heteroatoms. The normalized spacial score (nSPS) is 16.3. The Morgan fingerprint density at radius 2 is 1.96 bits per heavy atom.